The number of hydrogen-bond acceptors (Lipinski definition) is 4. The molecule has 28 heavy (non-hydrogen) atoms. The summed E-state index contributed by atoms with van der Waals surface area (Å²) in [7, 11) is 0. The molecule has 2 aromatic carbocycles. The summed E-state index contributed by atoms with van der Waals surface area (Å²) in [4.78, 5) is 16.3. The zero-order chi connectivity index (χ0) is 20.1. The van der Waals surface area contributed by atoms with E-state index in [1.807, 2.05) is 38.1 Å². The van der Waals surface area contributed by atoms with E-state index in [4.69, 9.17) is 4.74 Å². The lowest BCUT2D eigenvalue weighted by molar-refractivity contribution is 0.102. The summed E-state index contributed by atoms with van der Waals surface area (Å²) in [5, 5.41) is 5.73. The van der Waals surface area contributed by atoms with E-state index in [1.54, 1.807) is 12.1 Å². The van der Waals surface area contributed by atoms with Crippen molar-refractivity contribution in [3.63, 3.8) is 0 Å². The summed E-state index contributed by atoms with van der Waals surface area (Å²) >= 11 is 0. The van der Waals surface area contributed by atoms with Crippen LogP contribution in [0.5, 0.6) is 5.75 Å². The van der Waals surface area contributed by atoms with Gasteiger partial charge in [0.05, 0.1) is 18.0 Å². The Bertz CT molecular complexity index is 958. The van der Waals surface area contributed by atoms with Crippen molar-refractivity contribution in [3.8, 4) is 5.75 Å². The average molecular weight is 383 g/mol. The van der Waals surface area contributed by atoms with E-state index in [2.05, 4.69) is 15.6 Å². The minimum absolute atomic E-state index is 0.0183. The number of hydrogen-bond donors (Lipinski definition) is 2. The molecule has 0 bridgehead atoms. The average Bonchev–Trinajstić information content (AvgIpc) is 2.66. The highest BCUT2D eigenvalue weighted by Crippen LogP contribution is 2.21. The molecule has 2 N–H and O–H groups in total. The fourth-order valence-electron chi connectivity index (χ4n) is 2.42. The van der Waals surface area contributed by atoms with Crippen LogP contribution >= 0.6 is 0 Å². The molecule has 5 nitrogen and oxygen atoms in total. The Balaban J connectivity index is 1.61. The van der Waals surface area contributed by atoms with E-state index in [0.29, 0.717) is 11.5 Å². The molecule has 0 radical (unpaired) electrons. The van der Waals surface area contributed by atoms with Gasteiger partial charge in [-0.2, -0.15) is 0 Å². The predicted octanol–water partition coefficient (Wildman–Crippen LogP) is 5.14. The SMILES string of the molecule is CC(C)Oc1ccc(Nc2ccc(NC(=O)c3ccc(F)c(F)c3)cn2)cc1. The van der Waals surface area contributed by atoms with Crippen LogP contribution in [0.1, 0.15) is 24.2 Å². The smallest absolute Gasteiger partial charge is 0.255 e. The van der Waals surface area contributed by atoms with E-state index in [1.165, 1.54) is 12.3 Å². The Labute approximate surface area is 161 Å². The maximum Gasteiger partial charge on any atom is 0.255 e. The number of aromatic nitrogens is 1. The molecule has 0 saturated heterocycles. The van der Waals surface area contributed by atoms with Gasteiger partial charge < -0.3 is 15.4 Å². The van der Waals surface area contributed by atoms with Gasteiger partial charge in [-0.3, -0.25) is 4.79 Å². The van der Waals surface area contributed by atoms with E-state index in [9.17, 15) is 13.6 Å². The summed E-state index contributed by atoms with van der Waals surface area (Å²) < 4.78 is 31.8. The van der Waals surface area contributed by atoms with Gasteiger partial charge >= 0.3 is 0 Å². The molecule has 0 unspecified atom stereocenters. The van der Waals surface area contributed by atoms with E-state index in [-0.39, 0.29) is 11.7 Å². The third kappa shape index (κ3) is 5.03. The van der Waals surface area contributed by atoms with Crippen LogP contribution in [0.3, 0.4) is 0 Å². The van der Waals surface area contributed by atoms with E-state index >= 15 is 0 Å². The number of anilines is 3. The van der Waals surface area contributed by atoms with Gasteiger partial charge in [-0.15, -0.1) is 0 Å². The molecule has 0 aliphatic carbocycles. The number of nitrogens with zero attached hydrogens (tertiary/aromatic N) is 1. The largest absolute Gasteiger partial charge is 0.491 e. The van der Waals surface area contributed by atoms with Gasteiger partial charge in [0.1, 0.15) is 11.6 Å². The van der Waals surface area contributed by atoms with Gasteiger partial charge in [0.15, 0.2) is 11.6 Å². The van der Waals surface area contributed by atoms with Gasteiger partial charge in [-0.1, -0.05) is 0 Å². The van der Waals surface area contributed by atoms with Crippen molar-refractivity contribution in [2.24, 2.45) is 0 Å². The van der Waals surface area contributed by atoms with Crippen molar-refractivity contribution in [2.45, 2.75) is 20.0 Å². The molecule has 3 aromatic rings. The molecule has 0 aliphatic heterocycles. The van der Waals surface area contributed by atoms with Gasteiger partial charge in [0, 0.05) is 11.3 Å². The first-order valence-electron chi connectivity index (χ1n) is 8.67. The van der Waals surface area contributed by atoms with Crippen LogP contribution in [0.25, 0.3) is 0 Å². The molecular weight excluding hydrogens is 364 g/mol. The first-order valence-corrected chi connectivity index (χ1v) is 8.67. The molecule has 0 spiro atoms. The summed E-state index contributed by atoms with van der Waals surface area (Å²) in [5.41, 5.74) is 1.29. The molecule has 1 heterocycles. The quantitative estimate of drug-likeness (QED) is 0.618. The van der Waals surface area contributed by atoms with Crippen molar-refractivity contribution >= 4 is 23.1 Å². The monoisotopic (exact) mass is 383 g/mol. The normalized spacial score (nSPS) is 10.6. The Kier molecular flexibility index (Phi) is 5.84. The highest BCUT2D eigenvalue weighted by Gasteiger charge is 2.10. The Morgan fingerprint density at radius 3 is 2.29 bits per heavy atom. The zero-order valence-corrected chi connectivity index (χ0v) is 15.4. The van der Waals surface area contributed by atoms with Crippen LogP contribution in [0.4, 0.5) is 26.0 Å². The minimum atomic E-state index is -1.07. The number of rotatable bonds is 6. The number of amides is 1. The molecule has 144 valence electrons. The predicted molar refractivity (Wildman–Crippen MR) is 104 cm³/mol. The number of carbonyl (C=O) groups is 1. The number of carbonyl (C=O) groups excluding carboxylic acids is 1. The van der Waals surface area contributed by atoms with Gasteiger partial charge in [0.2, 0.25) is 0 Å². The molecule has 0 saturated carbocycles. The molecule has 0 atom stereocenters. The lowest BCUT2D eigenvalue weighted by atomic mass is 10.2. The molecule has 7 heteroatoms. The molecular formula is C21H19F2N3O2. The lowest BCUT2D eigenvalue weighted by Gasteiger charge is -2.11. The number of halogens is 2. The number of pyridine rings is 1. The number of nitrogens with one attached hydrogen (secondary N) is 2. The summed E-state index contributed by atoms with van der Waals surface area (Å²) in [5.74, 6) is -1.26. The first kappa shape index (κ1) is 19.3. The van der Waals surface area contributed by atoms with Crippen molar-refractivity contribution in [2.75, 3.05) is 10.6 Å². The molecule has 0 aliphatic rings. The van der Waals surface area contributed by atoms with Crippen molar-refractivity contribution in [1.29, 1.82) is 0 Å². The molecule has 1 aromatic heterocycles. The van der Waals surface area contributed by atoms with Crippen LogP contribution in [-0.2, 0) is 0 Å². The maximum atomic E-state index is 13.2. The Hall–Kier alpha value is -3.48. The molecule has 3 rings (SSSR count). The van der Waals surface area contributed by atoms with Crippen molar-refractivity contribution in [1.82, 2.24) is 4.98 Å². The van der Waals surface area contributed by atoms with Crippen molar-refractivity contribution in [3.05, 3.63) is 78.0 Å². The topological polar surface area (TPSA) is 63.2 Å². The second kappa shape index (κ2) is 8.47. The third-order valence-corrected chi connectivity index (χ3v) is 3.70. The van der Waals surface area contributed by atoms with Gasteiger partial charge in [0.25, 0.3) is 5.91 Å². The Morgan fingerprint density at radius 1 is 0.964 bits per heavy atom. The highest BCUT2D eigenvalue weighted by molar-refractivity contribution is 6.04. The third-order valence-electron chi connectivity index (χ3n) is 3.70. The highest BCUT2D eigenvalue weighted by atomic mass is 19.2. The molecule has 0 fully saturated rings. The van der Waals surface area contributed by atoms with Crippen LogP contribution in [-0.4, -0.2) is 17.0 Å². The summed E-state index contributed by atoms with van der Waals surface area (Å²) in [6.45, 7) is 3.92. The van der Waals surface area contributed by atoms with Crippen LogP contribution < -0.4 is 15.4 Å². The second-order valence-electron chi connectivity index (χ2n) is 6.33. The fourth-order valence-corrected chi connectivity index (χ4v) is 2.42. The molecule has 1 amide bonds. The first-order chi connectivity index (χ1) is 13.4. The summed E-state index contributed by atoms with van der Waals surface area (Å²) in [6.07, 6.45) is 1.57. The number of ether oxygens (including phenoxy) is 1. The lowest BCUT2D eigenvalue weighted by Crippen LogP contribution is -2.12. The van der Waals surface area contributed by atoms with Crippen LogP contribution in [0, 0.1) is 11.6 Å². The van der Waals surface area contributed by atoms with Crippen molar-refractivity contribution < 1.29 is 18.3 Å². The number of benzene rings is 2. The zero-order valence-electron chi connectivity index (χ0n) is 15.4. The Morgan fingerprint density at radius 2 is 1.68 bits per heavy atom. The van der Waals surface area contributed by atoms with Crippen LogP contribution in [0.15, 0.2) is 60.8 Å². The summed E-state index contributed by atoms with van der Waals surface area (Å²) in [6, 6.07) is 13.8. The van der Waals surface area contributed by atoms with Gasteiger partial charge in [-0.25, -0.2) is 13.8 Å². The van der Waals surface area contributed by atoms with Gasteiger partial charge in [-0.05, 0) is 68.4 Å². The maximum absolute atomic E-state index is 13.2. The second-order valence-corrected chi connectivity index (χ2v) is 6.33. The van der Waals surface area contributed by atoms with E-state index in [0.717, 1.165) is 23.6 Å². The standard InChI is InChI=1S/C21H19F2N3O2/c1-13(2)28-17-7-4-15(5-8-17)25-20-10-6-16(12-24-20)26-21(27)14-3-9-18(22)19(23)11-14/h3-13H,1-2H3,(H,24,25)(H,26,27). The van der Waals surface area contributed by atoms with E-state index < -0.39 is 17.5 Å². The fraction of sp³-hybridized carbons (Fsp3) is 0.143. The van der Waals surface area contributed by atoms with Crippen LogP contribution in [0.2, 0.25) is 0 Å². The minimum Gasteiger partial charge on any atom is -0.491 e.